The molecule has 0 heterocycles. The molecule has 74 valence electrons. The monoisotopic (exact) mass is 210 g/mol. The van der Waals surface area contributed by atoms with E-state index >= 15 is 0 Å². The summed E-state index contributed by atoms with van der Waals surface area (Å²) in [6.45, 7) is 8.22. The molecule has 0 radical (unpaired) electrons. The van der Waals surface area contributed by atoms with Crippen LogP contribution in [0.25, 0.3) is 0 Å². The summed E-state index contributed by atoms with van der Waals surface area (Å²) in [7, 11) is 0. The summed E-state index contributed by atoms with van der Waals surface area (Å²) >= 11 is 12.1. The molecule has 0 aliphatic carbocycles. The molecule has 0 aromatic heterocycles. The van der Waals surface area contributed by atoms with E-state index in [0.29, 0.717) is 0 Å². The zero-order valence-electron chi connectivity index (χ0n) is 8.58. The molecule has 2 heteroatoms. The molecule has 0 amide bonds. The Hall–Kier alpha value is 0.580. The molecule has 0 aliphatic rings. The van der Waals surface area contributed by atoms with Crippen molar-refractivity contribution in [1.82, 2.24) is 0 Å². The Kier molecular flexibility index (Phi) is 4.94. The number of halogens is 2. The number of unbranched alkanes of at least 4 members (excludes halogenated alkanes) is 1. The highest BCUT2D eigenvalue weighted by atomic mass is 35.5. The van der Waals surface area contributed by atoms with E-state index in [1.54, 1.807) is 0 Å². The molecule has 0 saturated heterocycles. The summed E-state index contributed by atoms with van der Waals surface area (Å²) < 4.78 is 0. The van der Waals surface area contributed by atoms with Crippen molar-refractivity contribution >= 4 is 23.2 Å². The van der Waals surface area contributed by atoms with Gasteiger partial charge in [-0.05, 0) is 40.5 Å². The molecule has 0 aromatic rings. The first kappa shape index (κ1) is 12.6. The van der Waals surface area contributed by atoms with E-state index in [2.05, 4.69) is 27.7 Å². The molecule has 0 aromatic carbocycles. The highest BCUT2D eigenvalue weighted by Crippen LogP contribution is 2.25. The number of alkyl halides is 2. The molecular weight excluding hydrogens is 191 g/mol. The van der Waals surface area contributed by atoms with Crippen LogP contribution in [0.3, 0.4) is 0 Å². The molecule has 0 fully saturated rings. The lowest BCUT2D eigenvalue weighted by atomic mass is 10.0. The van der Waals surface area contributed by atoms with E-state index in [4.69, 9.17) is 23.2 Å². The van der Waals surface area contributed by atoms with Crippen molar-refractivity contribution in [1.29, 1.82) is 0 Å². The SMILES string of the molecule is CC(C)(Cl)CCCCC(C)(C)Cl. The quantitative estimate of drug-likeness (QED) is 0.461. The van der Waals surface area contributed by atoms with Crippen LogP contribution in [0.5, 0.6) is 0 Å². The minimum atomic E-state index is -0.0452. The van der Waals surface area contributed by atoms with Gasteiger partial charge in [0.25, 0.3) is 0 Å². The number of hydrogen-bond donors (Lipinski definition) is 0. The zero-order valence-corrected chi connectivity index (χ0v) is 10.1. The lowest BCUT2D eigenvalue weighted by Crippen LogP contribution is -2.12. The van der Waals surface area contributed by atoms with Gasteiger partial charge in [-0.15, -0.1) is 23.2 Å². The van der Waals surface area contributed by atoms with Crippen LogP contribution < -0.4 is 0 Å². The van der Waals surface area contributed by atoms with Gasteiger partial charge in [-0.1, -0.05) is 12.8 Å². The highest BCUT2D eigenvalue weighted by Gasteiger charge is 2.15. The van der Waals surface area contributed by atoms with Crippen molar-refractivity contribution in [2.24, 2.45) is 0 Å². The molecule has 0 N–H and O–H groups in total. The second-order valence-electron chi connectivity index (χ2n) is 4.64. The third-order valence-corrected chi connectivity index (χ3v) is 2.17. The molecule has 0 saturated carbocycles. The standard InChI is InChI=1S/C10H20Cl2/c1-9(2,11)7-5-6-8-10(3,4)12/h5-8H2,1-4H3. The molecule has 12 heavy (non-hydrogen) atoms. The van der Waals surface area contributed by atoms with Crippen LogP contribution in [0, 0.1) is 0 Å². The predicted molar refractivity (Wildman–Crippen MR) is 58.3 cm³/mol. The molecule has 0 atom stereocenters. The summed E-state index contributed by atoms with van der Waals surface area (Å²) in [5.41, 5.74) is 0. The van der Waals surface area contributed by atoms with Crippen LogP contribution in [-0.4, -0.2) is 9.75 Å². The maximum atomic E-state index is 6.05. The fourth-order valence-electron chi connectivity index (χ4n) is 1.09. The van der Waals surface area contributed by atoms with Gasteiger partial charge in [0.2, 0.25) is 0 Å². The topological polar surface area (TPSA) is 0 Å². The Bertz CT molecular complexity index is 101. The van der Waals surface area contributed by atoms with Crippen LogP contribution in [0.15, 0.2) is 0 Å². The van der Waals surface area contributed by atoms with Gasteiger partial charge in [0.05, 0.1) is 0 Å². The van der Waals surface area contributed by atoms with Crippen molar-refractivity contribution in [3.05, 3.63) is 0 Å². The molecule has 0 unspecified atom stereocenters. The summed E-state index contributed by atoms with van der Waals surface area (Å²) in [5, 5.41) is 0. The zero-order chi connectivity index (χ0) is 9.83. The molecule has 0 nitrogen and oxygen atoms in total. The third kappa shape index (κ3) is 10.6. The Morgan fingerprint density at radius 2 is 1.00 bits per heavy atom. The third-order valence-electron chi connectivity index (χ3n) is 1.79. The van der Waals surface area contributed by atoms with E-state index in [-0.39, 0.29) is 9.75 Å². The van der Waals surface area contributed by atoms with Crippen LogP contribution >= 0.6 is 23.2 Å². The largest absolute Gasteiger partial charge is 0.120 e. The van der Waals surface area contributed by atoms with Gasteiger partial charge in [0, 0.05) is 9.75 Å². The number of rotatable bonds is 5. The molecular formula is C10H20Cl2. The number of hydrogen-bond acceptors (Lipinski definition) is 0. The van der Waals surface area contributed by atoms with Gasteiger partial charge in [-0.2, -0.15) is 0 Å². The first-order valence-electron chi connectivity index (χ1n) is 4.59. The van der Waals surface area contributed by atoms with Gasteiger partial charge < -0.3 is 0 Å². The Morgan fingerprint density at radius 3 is 1.17 bits per heavy atom. The highest BCUT2D eigenvalue weighted by molar-refractivity contribution is 6.23. The van der Waals surface area contributed by atoms with Crippen molar-refractivity contribution in [2.45, 2.75) is 63.1 Å². The van der Waals surface area contributed by atoms with E-state index in [0.717, 1.165) is 12.8 Å². The Morgan fingerprint density at radius 1 is 0.750 bits per heavy atom. The minimum Gasteiger partial charge on any atom is -0.120 e. The van der Waals surface area contributed by atoms with Crippen molar-refractivity contribution in [2.75, 3.05) is 0 Å². The molecule has 0 aliphatic heterocycles. The van der Waals surface area contributed by atoms with E-state index in [9.17, 15) is 0 Å². The van der Waals surface area contributed by atoms with E-state index in [1.807, 2.05) is 0 Å². The minimum absolute atomic E-state index is 0.0452. The maximum absolute atomic E-state index is 6.05. The van der Waals surface area contributed by atoms with Crippen LogP contribution in [0.1, 0.15) is 53.4 Å². The second-order valence-corrected chi connectivity index (χ2v) is 6.69. The molecule has 0 bridgehead atoms. The summed E-state index contributed by atoms with van der Waals surface area (Å²) in [4.78, 5) is -0.0904. The Labute approximate surface area is 86.6 Å². The molecule has 0 spiro atoms. The van der Waals surface area contributed by atoms with Crippen LogP contribution in [0.4, 0.5) is 0 Å². The Balaban J connectivity index is 3.35. The van der Waals surface area contributed by atoms with Crippen molar-refractivity contribution in [3.8, 4) is 0 Å². The second kappa shape index (κ2) is 4.72. The molecule has 0 rings (SSSR count). The lowest BCUT2D eigenvalue weighted by Gasteiger charge is -2.18. The lowest BCUT2D eigenvalue weighted by molar-refractivity contribution is 0.516. The van der Waals surface area contributed by atoms with E-state index < -0.39 is 0 Å². The first-order valence-corrected chi connectivity index (χ1v) is 5.34. The van der Waals surface area contributed by atoms with Gasteiger partial charge in [0.1, 0.15) is 0 Å². The maximum Gasteiger partial charge on any atom is 0.0390 e. The fourth-order valence-corrected chi connectivity index (χ4v) is 1.36. The summed E-state index contributed by atoms with van der Waals surface area (Å²) in [5.74, 6) is 0. The van der Waals surface area contributed by atoms with Crippen molar-refractivity contribution < 1.29 is 0 Å². The average molecular weight is 211 g/mol. The van der Waals surface area contributed by atoms with Crippen molar-refractivity contribution in [3.63, 3.8) is 0 Å². The van der Waals surface area contributed by atoms with Gasteiger partial charge in [0.15, 0.2) is 0 Å². The van der Waals surface area contributed by atoms with Crippen LogP contribution in [-0.2, 0) is 0 Å². The summed E-state index contributed by atoms with van der Waals surface area (Å²) in [6.07, 6.45) is 4.49. The normalized spacial score (nSPS) is 13.5. The predicted octanol–water partition coefficient (Wildman–Crippen LogP) is 4.58. The first-order chi connectivity index (χ1) is 5.21. The fraction of sp³-hybridized carbons (Fsp3) is 1.00. The summed E-state index contributed by atoms with van der Waals surface area (Å²) in [6, 6.07) is 0. The van der Waals surface area contributed by atoms with Gasteiger partial charge in [-0.25, -0.2) is 0 Å². The van der Waals surface area contributed by atoms with E-state index in [1.165, 1.54) is 12.8 Å². The van der Waals surface area contributed by atoms with Crippen LogP contribution in [0.2, 0.25) is 0 Å². The average Bonchev–Trinajstić information content (AvgIpc) is 1.76. The van der Waals surface area contributed by atoms with Gasteiger partial charge >= 0.3 is 0 Å². The smallest absolute Gasteiger partial charge is 0.0390 e. The van der Waals surface area contributed by atoms with Gasteiger partial charge in [-0.3, -0.25) is 0 Å².